The van der Waals surface area contributed by atoms with Gasteiger partial charge in [0.25, 0.3) is 5.91 Å². The summed E-state index contributed by atoms with van der Waals surface area (Å²) in [6, 6.07) is 22.3. The van der Waals surface area contributed by atoms with Crippen LogP contribution in [0.15, 0.2) is 83.5 Å². The quantitative estimate of drug-likeness (QED) is 0.757. The molecule has 1 heterocycles. The summed E-state index contributed by atoms with van der Waals surface area (Å²) in [5, 5.41) is 2.95. The molecule has 1 aromatic heterocycles. The van der Waals surface area contributed by atoms with Crippen molar-refractivity contribution in [2.24, 2.45) is 0 Å². The second kappa shape index (κ2) is 7.31. The summed E-state index contributed by atoms with van der Waals surface area (Å²) in [5.41, 5.74) is 0.954. The number of rotatable bonds is 6. The lowest BCUT2D eigenvalue weighted by molar-refractivity contribution is -0.123. The molecule has 0 saturated heterocycles. The molecule has 4 nitrogen and oxygen atoms in total. The van der Waals surface area contributed by atoms with Gasteiger partial charge in [-0.1, -0.05) is 48.5 Å². The number of amides is 1. The van der Waals surface area contributed by atoms with E-state index in [0.29, 0.717) is 11.5 Å². The van der Waals surface area contributed by atoms with Crippen LogP contribution >= 0.6 is 0 Å². The van der Waals surface area contributed by atoms with Crippen molar-refractivity contribution in [2.75, 3.05) is 6.61 Å². The Hall–Kier alpha value is -3.01. The highest BCUT2D eigenvalue weighted by Gasteiger charge is 2.19. The number of para-hydroxylation sites is 1. The van der Waals surface area contributed by atoms with Crippen molar-refractivity contribution < 1.29 is 13.9 Å². The van der Waals surface area contributed by atoms with Gasteiger partial charge in [0.15, 0.2) is 6.61 Å². The van der Waals surface area contributed by atoms with E-state index in [1.165, 1.54) is 0 Å². The van der Waals surface area contributed by atoms with E-state index in [-0.39, 0.29) is 18.6 Å². The molecule has 0 radical (unpaired) electrons. The van der Waals surface area contributed by atoms with Crippen molar-refractivity contribution in [3.8, 4) is 5.75 Å². The Bertz CT molecular complexity index is 724. The number of hydrogen-bond acceptors (Lipinski definition) is 3. The fourth-order valence-electron chi connectivity index (χ4n) is 2.29. The van der Waals surface area contributed by atoms with E-state index < -0.39 is 0 Å². The van der Waals surface area contributed by atoms with Gasteiger partial charge in [-0.15, -0.1) is 0 Å². The number of carbonyl (C=O) groups is 1. The van der Waals surface area contributed by atoms with Crippen molar-refractivity contribution in [1.29, 1.82) is 0 Å². The average Bonchev–Trinajstić information content (AvgIpc) is 3.14. The number of ether oxygens (including phenoxy) is 1. The second-order valence-corrected chi connectivity index (χ2v) is 5.03. The molecule has 23 heavy (non-hydrogen) atoms. The maximum absolute atomic E-state index is 12.2. The maximum atomic E-state index is 12.2. The highest BCUT2D eigenvalue weighted by atomic mass is 16.5. The van der Waals surface area contributed by atoms with Gasteiger partial charge in [0.1, 0.15) is 17.6 Å². The average molecular weight is 307 g/mol. The molecule has 4 heteroatoms. The third kappa shape index (κ3) is 4.01. The van der Waals surface area contributed by atoms with Gasteiger partial charge < -0.3 is 14.5 Å². The SMILES string of the molecule is O=C(COc1ccccc1)N[C@H](c1ccccc1)c1ccco1. The number of carbonyl (C=O) groups excluding carboxylic acids is 1. The van der Waals surface area contributed by atoms with E-state index in [9.17, 15) is 4.79 Å². The summed E-state index contributed by atoms with van der Waals surface area (Å²) in [4.78, 5) is 12.2. The van der Waals surface area contributed by atoms with Gasteiger partial charge in [-0.05, 0) is 29.8 Å². The van der Waals surface area contributed by atoms with Crippen molar-refractivity contribution >= 4 is 5.91 Å². The molecule has 0 fully saturated rings. The highest BCUT2D eigenvalue weighted by Crippen LogP contribution is 2.22. The van der Waals surface area contributed by atoms with Crippen LogP contribution in [0.2, 0.25) is 0 Å². The number of nitrogens with one attached hydrogen (secondary N) is 1. The van der Waals surface area contributed by atoms with Crippen molar-refractivity contribution in [3.05, 3.63) is 90.4 Å². The van der Waals surface area contributed by atoms with E-state index in [2.05, 4.69) is 5.32 Å². The Kier molecular flexibility index (Phi) is 4.74. The summed E-state index contributed by atoms with van der Waals surface area (Å²) in [7, 11) is 0. The van der Waals surface area contributed by atoms with E-state index in [0.717, 1.165) is 5.56 Å². The molecule has 0 unspecified atom stereocenters. The lowest BCUT2D eigenvalue weighted by Crippen LogP contribution is -2.33. The molecule has 0 spiro atoms. The number of hydrogen-bond donors (Lipinski definition) is 1. The molecule has 116 valence electrons. The van der Waals surface area contributed by atoms with Gasteiger partial charge in [-0.3, -0.25) is 4.79 Å². The van der Waals surface area contributed by atoms with Crippen LogP contribution in [-0.4, -0.2) is 12.5 Å². The molecule has 1 amide bonds. The molecule has 0 aliphatic carbocycles. The summed E-state index contributed by atoms with van der Waals surface area (Å²) in [5.74, 6) is 1.14. The normalized spacial score (nSPS) is 11.7. The molecule has 0 saturated carbocycles. The molecule has 2 aromatic carbocycles. The van der Waals surface area contributed by atoms with E-state index in [1.54, 1.807) is 12.3 Å². The molecule has 1 atom stereocenters. The molecule has 0 aliphatic heterocycles. The molecule has 0 bridgehead atoms. The fraction of sp³-hybridized carbons (Fsp3) is 0.105. The first-order valence-electron chi connectivity index (χ1n) is 7.38. The van der Waals surface area contributed by atoms with Gasteiger partial charge in [-0.25, -0.2) is 0 Å². The van der Waals surface area contributed by atoms with Crippen LogP contribution in [0.4, 0.5) is 0 Å². The monoisotopic (exact) mass is 307 g/mol. The molecule has 3 rings (SSSR count). The Morgan fingerprint density at radius 2 is 1.65 bits per heavy atom. The number of furan rings is 1. The maximum Gasteiger partial charge on any atom is 0.258 e. The van der Waals surface area contributed by atoms with Crippen LogP contribution < -0.4 is 10.1 Å². The van der Waals surface area contributed by atoms with Crippen LogP contribution in [0.25, 0.3) is 0 Å². The van der Waals surface area contributed by atoms with Gasteiger partial charge in [-0.2, -0.15) is 0 Å². The van der Waals surface area contributed by atoms with Crippen LogP contribution in [0.5, 0.6) is 5.75 Å². The third-order valence-corrected chi connectivity index (χ3v) is 3.38. The molecule has 1 N–H and O–H groups in total. The first kappa shape index (κ1) is 14.9. The summed E-state index contributed by atoms with van der Waals surface area (Å²) in [6.45, 7) is -0.0476. The minimum atomic E-state index is -0.335. The van der Waals surface area contributed by atoms with Crippen LogP contribution in [0, 0.1) is 0 Å². The van der Waals surface area contributed by atoms with E-state index >= 15 is 0 Å². The zero-order valence-corrected chi connectivity index (χ0v) is 12.5. The fourth-order valence-corrected chi connectivity index (χ4v) is 2.29. The first-order valence-corrected chi connectivity index (χ1v) is 7.38. The minimum Gasteiger partial charge on any atom is -0.484 e. The standard InChI is InChI=1S/C19H17NO3/c21-18(14-23-16-10-5-2-6-11-16)20-19(17-12-7-13-22-17)15-8-3-1-4-9-15/h1-13,19H,14H2,(H,20,21)/t19-/m1/s1. The summed E-state index contributed by atoms with van der Waals surface area (Å²) >= 11 is 0. The van der Waals surface area contributed by atoms with E-state index in [4.69, 9.17) is 9.15 Å². The molecular formula is C19H17NO3. The largest absolute Gasteiger partial charge is 0.484 e. The zero-order valence-electron chi connectivity index (χ0n) is 12.5. The topological polar surface area (TPSA) is 51.5 Å². The van der Waals surface area contributed by atoms with Gasteiger partial charge >= 0.3 is 0 Å². The predicted octanol–water partition coefficient (Wildman–Crippen LogP) is 3.56. The third-order valence-electron chi connectivity index (χ3n) is 3.38. The Labute approximate surface area is 134 Å². The smallest absolute Gasteiger partial charge is 0.258 e. The Morgan fingerprint density at radius 1 is 0.957 bits per heavy atom. The lowest BCUT2D eigenvalue weighted by atomic mass is 10.0. The second-order valence-electron chi connectivity index (χ2n) is 5.03. The van der Waals surface area contributed by atoms with Gasteiger partial charge in [0.05, 0.1) is 6.26 Å². The van der Waals surface area contributed by atoms with Crippen molar-refractivity contribution in [2.45, 2.75) is 6.04 Å². The molecular weight excluding hydrogens is 290 g/mol. The zero-order chi connectivity index (χ0) is 15.9. The molecule has 0 aliphatic rings. The summed E-state index contributed by atoms with van der Waals surface area (Å²) < 4.78 is 10.9. The highest BCUT2D eigenvalue weighted by molar-refractivity contribution is 5.78. The van der Waals surface area contributed by atoms with Crippen LogP contribution in [0.1, 0.15) is 17.4 Å². The van der Waals surface area contributed by atoms with Crippen molar-refractivity contribution in [3.63, 3.8) is 0 Å². The predicted molar refractivity (Wildman–Crippen MR) is 87.1 cm³/mol. The van der Waals surface area contributed by atoms with Crippen LogP contribution in [-0.2, 0) is 4.79 Å². The van der Waals surface area contributed by atoms with E-state index in [1.807, 2.05) is 66.7 Å². The minimum absolute atomic E-state index is 0.0476. The molecule has 3 aromatic rings. The Morgan fingerprint density at radius 3 is 2.30 bits per heavy atom. The Balaban J connectivity index is 1.68. The van der Waals surface area contributed by atoms with Crippen LogP contribution in [0.3, 0.4) is 0 Å². The summed E-state index contributed by atoms with van der Waals surface area (Å²) in [6.07, 6.45) is 1.60. The first-order chi connectivity index (χ1) is 11.3. The van der Waals surface area contributed by atoms with Gasteiger partial charge in [0, 0.05) is 0 Å². The lowest BCUT2D eigenvalue weighted by Gasteiger charge is -2.17. The van der Waals surface area contributed by atoms with Gasteiger partial charge in [0.2, 0.25) is 0 Å². The van der Waals surface area contributed by atoms with Crippen molar-refractivity contribution in [1.82, 2.24) is 5.32 Å². The number of benzene rings is 2.